The normalized spacial score (nSPS) is 22.0. The van der Waals surface area contributed by atoms with Crippen molar-refractivity contribution in [1.29, 1.82) is 0 Å². The fraction of sp³-hybridized carbons (Fsp3) is 0.571. The van der Waals surface area contributed by atoms with E-state index in [-0.39, 0.29) is 11.7 Å². The van der Waals surface area contributed by atoms with E-state index < -0.39 is 0 Å². The maximum absolute atomic E-state index is 13.0. The van der Waals surface area contributed by atoms with Gasteiger partial charge in [0.15, 0.2) is 5.79 Å². The molecule has 0 unspecified atom stereocenters. The number of ether oxygens (including phenoxy) is 3. The number of methoxy groups -OCH3 is 1. The Balaban J connectivity index is 1.25. The van der Waals surface area contributed by atoms with Crippen molar-refractivity contribution in [1.82, 2.24) is 14.8 Å². The van der Waals surface area contributed by atoms with Gasteiger partial charge in [-0.15, -0.1) is 0 Å². The first-order chi connectivity index (χ1) is 13.7. The summed E-state index contributed by atoms with van der Waals surface area (Å²) in [6, 6.07) is 6.08. The maximum atomic E-state index is 13.0. The van der Waals surface area contributed by atoms with Crippen LogP contribution in [0.1, 0.15) is 24.1 Å². The molecular formula is C21H27N3O4. The van der Waals surface area contributed by atoms with Gasteiger partial charge < -0.3 is 24.1 Å². The number of aromatic nitrogens is 1. The molecule has 2 aromatic rings. The molecule has 2 fully saturated rings. The van der Waals surface area contributed by atoms with Gasteiger partial charge in [-0.1, -0.05) is 0 Å². The fourth-order valence-electron chi connectivity index (χ4n) is 4.66. The van der Waals surface area contributed by atoms with Gasteiger partial charge >= 0.3 is 0 Å². The van der Waals surface area contributed by atoms with Crippen LogP contribution in [0.3, 0.4) is 0 Å². The van der Waals surface area contributed by atoms with E-state index in [4.69, 9.17) is 14.2 Å². The molecule has 0 radical (unpaired) electrons. The molecule has 1 N–H and O–H groups in total. The van der Waals surface area contributed by atoms with Crippen molar-refractivity contribution in [2.45, 2.75) is 31.6 Å². The number of hydrogen-bond donors (Lipinski definition) is 1. The Kier molecular flexibility index (Phi) is 4.53. The Hall–Kier alpha value is -2.09. The van der Waals surface area contributed by atoms with E-state index in [1.165, 1.54) is 11.3 Å². The molecule has 1 aromatic carbocycles. The Labute approximate surface area is 164 Å². The summed E-state index contributed by atoms with van der Waals surface area (Å²) in [6.07, 6.45) is 2.54. The van der Waals surface area contributed by atoms with Crippen LogP contribution < -0.4 is 4.74 Å². The number of nitrogens with zero attached hydrogens (tertiary/aromatic N) is 2. The van der Waals surface area contributed by atoms with Gasteiger partial charge in [0.05, 0.1) is 26.9 Å². The van der Waals surface area contributed by atoms with Crippen LogP contribution in [0.5, 0.6) is 5.75 Å². The zero-order chi connectivity index (χ0) is 19.1. The second-order valence-electron chi connectivity index (χ2n) is 7.94. The molecule has 0 aliphatic carbocycles. The van der Waals surface area contributed by atoms with Crippen LogP contribution in [0.25, 0.3) is 10.9 Å². The third kappa shape index (κ3) is 3.17. The number of rotatable bonds is 3. The van der Waals surface area contributed by atoms with Crippen LogP contribution in [-0.2, 0) is 27.2 Å². The summed E-state index contributed by atoms with van der Waals surface area (Å²) in [7, 11) is 1.68. The second kappa shape index (κ2) is 7.06. The monoisotopic (exact) mass is 385 g/mol. The maximum Gasteiger partial charge on any atom is 0.237 e. The number of carbonyl (C=O) groups excluding carboxylic acids is 1. The van der Waals surface area contributed by atoms with Gasteiger partial charge in [0, 0.05) is 67.6 Å². The third-order valence-corrected chi connectivity index (χ3v) is 6.33. The highest BCUT2D eigenvalue weighted by Crippen LogP contribution is 2.32. The Bertz CT molecular complexity index is 877. The minimum atomic E-state index is -0.386. The van der Waals surface area contributed by atoms with Crippen LogP contribution in [0.15, 0.2) is 18.2 Å². The average Bonchev–Trinajstić information content (AvgIpc) is 3.33. The number of benzene rings is 1. The molecule has 5 rings (SSSR count). The van der Waals surface area contributed by atoms with Crippen LogP contribution in [0, 0.1) is 0 Å². The summed E-state index contributed by atoms with van der Waals surface area (Å²) in [4.78, 5) is 20.7. The number of aromatic amines is 1. The standard InChI is InChI=1S/C21H27N3O4/c1-26-15-2-3-18-16(12-15)17-13-24(7-4-19(17)22-18)20(25)14-23-8-5-21(6-9-23)27-10-11-28-21/h2-3,12,22H,4-11,13-14H2,1H3. The van der Waals surface area contributed by atoms with Gasteiger partial charge in [0.1, 0.15) is 5.75 Å². The molecule has 3 aliphatic heterocycles. The molecule has 150 valence electrons. The van der Waals surface area contributed by atoms with E-state index >= 15 is 0 Å². The summed E-state index contributed by atoms with van der Waals surface area (Å²) >= 11 is 0. The first-order valence-corrected chi connectivity index (χ1v) is 10.1. The quantitative estimate of drug-likeness (QED) is 0.874. The number of piperidine rings is 1. The van der Waals surface area contributed by atoms with Gasteiger partial charge in [-0.05, 0) is 18.2 Å². The number of hydrogen-bond acceptors (Lipinski definition) is 5. The SMILES string of the molecule is COc1ccc2[nH]c3c(c2c1)CN(C(=O)CN1CCC2(CC1)OCCO2)CC3. The highest BCUT2D eigenvalue weighted by molar-refractivity contribution is 5.87. The zero-order valence-corrected chi connectivity index (χ0v) is 16.3. The van der Waals surface area contributed by atoms with E-state index in [0.717, 1.165) is 55.5 Å². The Morgan fingerprint density at radius 3 is 2.75 bits per heavy atom. The molecule has 0 saturated carbocycles. The van der Waals surface area contributed by atoms with Gasteiger partial charge in [-0.2, -0.15) is 0 Å². The van der Waals surface area contributed by atoms with E-state index in [1.807, 2.05) is 11.0 Å². The van der Waals surface area contributed by atoms with E-state index in [0.29, 0.717) is 26.3 Å². The van der Waals surface area contributed by atoms with Gasteiger partial charge in [-0.3, -0.25) is 9.69 Å². The first-order valence-electron chi connectivity index (χ1n) is 10.1. The molecule has 1 aromatic heterocycles. The number of carbonyl (C=O) groups is 1. The minimum Gasteiger partial charge on any atom is -0.497 e. The predicted molar refractivity (Wildman–Crippen MR) is 104 cm³/mol. The molecule has 4 heterocycles. The summed E-state index contributed by atoms with van der Waals surface area (Å²) in [5, 5.41) is 1.15. The zero-order valence-electron chi connectivity index (χ0n) is 16.3. The molecule has 7 nitrogen and oxygen atoms in total. The number of fused-ring (bicyclic) bond motifs is 3. The number of amides is 1. The van der Waals surface area contributed by atoms with Crippen LogP contribution in [-0.4, -0.2) is 73.0 Å². The van der Waals surface area contributed by atoms with Crippen molar-refractivity contribution in [2.75, 3.05) is 46.5 Å². The van der Waals surface area contributed by atoms with Crippen molar-refractivity contribution in [3.05, 3.63) is 29.5 Å². The molecule has 0 atom stereocenters. The Morgan fingerprint density at radius 1 is 1.21 bits per heavy atom. The largest absolute Gasteiger partial charge is 0.497 e. The number of nitrogens with one attached hydrogen (secondary N) is 1. The van der Waals surface area contributed by atoms with Crippen LogP contribution >= 0.6 is 0 Å². The van der Waals surface area contributed by atoms with Gasteiger partial charge in [0.25, 0.3) is 0 Å². The summed E-state index contributed by atoms with van der Waals surface area (Å²) in [5.41, 5.74) is 3.57. The van der Waals surface area contributed by atoms with Crippen molar-refractivity contribution in [2.24, 2.45) is 0 Å². The molecule has 7 heteroatoms. The average molecular weight is 385 g/mol. The van der Waals surface area contributed by atoms with Crippen LogP contribution in [0.2, 0.25) is 0 Å². The molecule has 28 heavy (non-hydrogen) atoms. The number of H-pyrrole nitrogens is 1. The fourth-order valence-corrected chi connectivity index (χ4v) is 4.66. The lowest BCUT2D eigenvalue weighted by molar-refractivity contribution is -0.186. The van der Waals surface area contributed by atoms with Crippen molar-refractivity contribution < 1.29 is 19.0 Å². The van der Waals surface area contributed by atoms with Crippen molar-refractivity contribution in [3.8, 4) is 5.75 Å². The number of likely N-dealkylation sites (tertiary alicyclic amines) is 1. The van der Waals surface area contributed by atoms with E-state index in [9.17, 15) is 4.79 Å². The van der Waals surface area contributed by atoms with Crippen LogP contribution in [0.4, 0.5) is 0 Å². The highest BCUT2D eigenvalue weighted by Gasteiger charge is 2.40. The molecule has 1 amide bonds. The molecule has 2 saturated heterocycles. The third-order valence-electron chi connectivity index (χ3n) is 6.33. The first kappa shape index (κ1) is 18.0. The topological polar surface area (TPSA) is 67.0 Å². The van der Waals surface area contributed by atoms with E-state index in [1.54, 1.807) is 7.11 Å². The molecule has 1 spiro atoms. The summed E-state index contributed by atoms with van der Waals surface area (Å²) in [6.45, 7) is 4.95. The molecular weight excluding hydrogens is 358 g/mol. The lowest BCUT2D eigenvalue weighted by atomic mass is 10.0. The smallest absolute Gasteiger partial charge is 0.237 e. The highest BCUT2D eigenvalue weighted by atomic mass is 16.7. The van der Waals surface area contributed by atoms with Crippen molar-refractivity contribution >= 4 is 16.8 Å². The van der Waals surface area contributed by atoms with E-state index in [2.05, 4.69) is 22.0 Å². The van der Waals surface area contributed by atoms with Gasteiger partial charge in [-0.25, -0.2) is 0 Å². The Morgan fingerprint density at radius 2 is 2.00 bits per heavy atom. The summed E-state index contributed by atoms with van der Waals surface area (Å²) in [5.74, 6) is 0.659. The molecule has 3 aliphatic rings. The van der Waals surface area contributed by atoms with Crippen molar-refractivity contribution in [3.63, 3.8) is 0 Å². The predicted octanol–water partition coefficient (Wildman–Crippen LogP) is 1.90. The minimum absolute atomic E-state index is 0.201. The lowest BCUT2D eigenvalue weighted by Gasteiger charge is -2.38. The van der Waals surface area contributed by atoms with Gasteiger partial charge in [0.2, 0.25) is 5.91 Å². The molecule has 0 bridgehead atoms. The summed E-state index contributed by atoms with van der Waals surface area (Å²) < 4.78 is 16.9. The lowest BCUT2D eigenvalue weighted by Crippen LogP contribution is -2.49. The second-order valence-corrected chi connectivity index (χ2v) is 7.94.